The summed E-state index contributed by atoms with van der Waals surface area (Å²) in [4.78, 5) is 19.6. The Hall–Kier alpha value is -2.83. The molecule has 3 fully saturated rings. The highest BCUT2D eigenvalue weighted by Crippen LogP contribution is 2.50. The number of rotatable bonds is 7. The maximum Gasteiger partial charge on any atom is 0.419 e. The number of amides is 1. The molecule has 2 aromatic rings. The summed E-state index contributed by atoms with van der Waals surface area (Å²) < 4.78 is 74.8. The number of benzene rings is 2. The molecule has 2 saturated heterocycles. The van der Waals surface area contributed by atoms with Crippen molar-refractivity contribution in [1.82, 2.24) is 14.7 Å². The molecule has 6 nitrogen and oxygen atoms in total. The van der Waals surface area contributed by atoms with Crippen molar-refractivity contribution in [1.29, 1.82) is 0 Å². The van der Waals surface area contributed by atoms with Crippen molar-refractivity contribution < 1.29 is 31.5 Å². The van der Waals surface area contributed by atoms with E-state index >= 15 is 0 Å². The number of thiol groups is 1. The predicted octanol–water partition coefficient (Wildman–Crippen LogP) is 5.38. The number of nitrogens with zero attached hydrogens (tertiary/aromatic N) is 4. The van der Waals surface area contributed by atoms with Crippen LogP contribution in [0.5, 0.6) is 0 Å². The van der Waals surface area contributed by atoms with E-state index in [-0.39, 0.29) is 17.7 Å². The summed E-state index contributed by atoms with van der Waals surface area (Å²) in [6.07, 6.45) is 0.0396. The molecule has 3 aliphatic rings. The van der Waals surface area contributed by atoms with Crippen LogP contribution in [0.3, 0.4) is 0 Å². The average Bonchev–Trinajstić information content (AvgIpc) is 2.91. The van der Waals surface area contributed by atoms with E-state index in [4.69, 9.17) is 4.74 Å². The van der Waals surface area contributed by atoms with E-state index in [1.54, 1.807) is 24.5 Å². The monoisotopic (exact) mass is 612 g/mol. The SMILES string of the molecule is CN(C)C(=O)c1c(F)cc(N2CCN(C3CC4(C3)CN(CO/C=C(\c3ccccc3)C(F)(F)F)C4)CC2)cc1F.CS. The molecule has 2 heterocycles. The van der Waals surface area contributed by atoms with Gasteiger partial charge in [-0.2, -0.15) is 25.8 Å². The zero-order chi connectivity index (χ0) is 30.7. The summed E-state index contributed by atoms with van der Waals surface area (Å²) >= 11 is 3.53. The molecule has 0 bridgehead atoms. The zero-order valence-electron chi connectivity index (χ0n) is 24.0. The summed E-state index contributed by atoms with van der Waals surface area (Å²) in [6.45, 7) is 4.47. The summed E-state index contributed by atoms with van der Waals surface area (Å²) in [5.41, 5.74) is -0.652. The Bertz CT molecular complexity index is 1230. The smallest absolute Gasteiger partial charge is 0.419 e. The topological polar surface area (TPSA) is 39.3 Å². The second-order valence-corrected chi connectivity index (χ2v) is 11.2. The zero-order valence-corrected chi connectivity index (χ0v) is 24.9. The predicted molar refractivity (Wildman–Crippen MR) is 157 cm³/mol. The van der Waals surface area contributed by atoms with Gasteiger partial charge in [-0.25, -0.2) is 8.78 Å². The van der Waals surface area contributed by atoms with Crippen LogP contribution in [-0.2, 0) is 4.74 Å². The third kappa shape index (κ3) is 7.03. The maximum atomic E-state index is 14.6. The Labute approximate surface area is 249 Å². The lowest BCUT2D eigenvalue weighted by atomic mass is 9.60. The molecule has 0 unspecified atom stereocenters. The van der Waals surface area contributed by atoms with E-state index in [2.05, 4.69) is 17.5 Å². The molecule has 42 heavy (non-hydrogen) atoms. The van der Waals surface area contributed by atoms with Gasteiger partial charge in [0.05, 0.1) is 11.8 Å². The van der Waals surface area contributed by atoms with Crippen molar-refractivity contribution in [3.05, 3.63) is 71.5 Å². The quantitative estimate of drug-likeness (QED) is 0.259. The molecule has 1 spiro atoms. The first-order valence-corrected chi connectivity index (χ1v) is 14.7. The average molecular weight is 613 g/mol. The summed E-state index contributed by atoms with van der Waals surface area (Å²) in [5, 5.41) is 0. The van der Waals surface area contributed by atoms with Gasteiger partial charge in [0, 0.05) is 65.1 Å². The maximum absolute atomic E-state index is 14.6. The van der Waals surface area contributed by atoms with Gasteiger partial charge in [0.1, 0.15) is 23.9 Å². The van der Waals surface area contributed by atoms with Gasteiger partial charge < -0.3 is 14.5 Å². The number of likely N-dealkylation sites (tertiary alicyclic amines) is 1. The number of hydrogen-bond acceptors (Lipinski definition) is 6. The van der Waals surface area contributed by atoms with E-state index < -0.39 is 34.9 Å². The van der Waals surface area contributed by atoms with Crippen molar-refractivity contribution in [2.24, 2.45) is 5.41 Å². The van der Waals surface area contributed by atoms with Crippen LogP contribution in [-0.4, -0.2) is 99.2 Å². The molecule has 0 radical (unpaired) electrons. The van der Waals surface area contributed by atoms with Crippen LogP contribution in [0.15, 0.2) is 48.7 Å². The highest BCUT2D eigenvalue weighted by molar-refractivity contribution is 7.79. The summed E-state index contributed by atoms with van der Waals surface area (Å²) in [6, 6.07) is 10.5. The number of ether oxygens (including phenoxy) is 1. The number of alkyl halides is 3. The molecule has 2 aliphatic heterocycles. The first-order valence-electron chi connectivity index (χ1n) is 13.8. The molecule has 1 saturated carbocycles. The van der Waals surface area contributed by atoms with Crippen LogP contribution in [0, 0.1) is 17.0 Å². The fourth-order valence-corrected chi connectivity index (χ4v) is 6.11. The minimum atomic E-state index is -4.50. The molecule has 0 aromatic heterocycles. The number of halogens is 5. The highest BCUT2D eigenvalue weighted by atomic mass is 32.1. The molecule has 12 heteroatoms. The van der Waals surface area contributed by atoms with E-state index in [9.17, 15) is 26.7 Å². The van der Waals surface area contributed by atoms with Crippen molar-refractivity contribution in [2.45, 2.75) is 25.1 Å². The first-order chi connectivity index (χ1) is 20.0. The van der Waals surface area contributed by atoms with Gasteiger partial charge in [-0.05, 0) is 42.2 Å². The lowest BCUT2D eigenvalue weighted by Gasteiger charge is -2.61. The van der Waals surface area contributed by atoms with Crippen LogP contribution in [0.4, 0.5) is 27.6 Å². The van der Waals surface area contributed by atoms with Crippen molar-refractivity contribution in [3.63, 3.8) is 0 Å². The number of carbonyl (C=O) groups is 1. The van der Waals surface area contributed by atoms with Crippen molar-refractivity contribution in [2.75, 3.05) is 71.3 Å². The Morgan fingerprint density at radius 1 is 1.02 bits per heavy atom. The lowest BCUT2D eigenvalue weighted by molar-refractivity contribution is -0.135. The van der Waals surface area contributed by atoms with Gasteiger partial charge >= 0.3 is 6.18 Å². The third-order valence-corrected chi connectivity index (χ3v) is 8.15. The van der Waals surface area contributed by atoms with Crippen LogP contribution in [0.2, 0.25) is 0 Å². The van der Waals surface area contributed by atoms with Crippen LogP contribution < -0.4 is 4.90 Å². The Kier molecular flexibility index (Phi) is 10.1. The first kappa shape index (κ1) is 32.1. The van der Waals surface area contributed by atoms with Crippen LogP contribution in [0.1, 0.15) is 28.8 Å². The molecule has 1 amide bonds. The Balaban J connectivity index is 0.00000198. The standard InChI is InChI=1S/C29H33F5N4O2.CH4S/c1-35(2)27(39)26-24(30)12-21(13-25(26)31)37-8-10-38(11-9-37)22-14-28(15-22)17-36(18-28)19-40-16-23(29(32,33)34)20-6-4-3-5-7-20;1-2/h3-7,12-13,16,22H,8-11,14-15,17-19H2,1-2H3;2H,1H3/b23-16+;. The van der Waals surface area contributed by atoms with Crippen LogP contribution >= 0.6 is 12.6 Å². The Morgan fingerprint density at radius 3 is 2.12 bits per heavy atom. The number of piperazine rings is 1. The number of carbonyl (C=O) groups excluding carboxylic acids is 1. The van der Waals surface area contributed by atoms with Gasteiger partial charge in [-0.1, -0.05) is 30.3 Å². The lowest BCUT2D eigenvalue weighted by Crippen LogP contribution is -2.67. The summed E-state index contributed by atoms with van der Waals surface area (Å²) in [5.74, 6) is -2.43. The number of anilines is 1. The number of hydrogen-bond donors (Lipinski definition) is 1. The largest absolute Gasteiger partial charge is 0.485 e. The highest BCUT2D eigenvalue weighted by Gasteiger charge is 2.53. The minimum Gasteiger partial charge on any atom is -0.485 e. The third-order valence-electron chi connectivity index (χ3n) is 8.15. The van der Waals surface area contributed by atoms with Crippen LogP contribution in [0.25, 0.3) is 5.57 Å². The molecule has 1 aliphatic carbocycles. The van der Waals surface area contributed by atoms with Gasteiger partial charge in [-0.15, -0.1) is 0 Å². The van der Waals surface area contributed by atoms with Gasteiger partial charge in [0.15, 0.2) is 0 Å². The van der Waals surface area contributed by atoms with Crippen molar-refractivity contribution in [3.8, 4) is 0 Å². The van der Waals surface area contributed by atoms with E-state index in [0.29, 0.717) is 24.8 Å². The van der Waals surface area contributed by atoms with Gasteiger partial charge in [0.2, 0.25) is 0 Å². The second-order valence-electron chi connectivity index (χ2n) is 11.2. The molecule has 230 valence electrons. The van der Waals surface area contributed by atoms with Crippen molar-refractivity contribution >= 4 is 29.8 Å². The normalized spacial score (nSPS) is 19.5. The van der Waals surface area contributed by atoms with E-state index in [1.165, 1.54) is 38.4 Å². The van der Waals surface area contributed by atoms with Gasteiger partial charge in [0.25, 0.3) is 5.91 Å². The van der Waals surface area contributed by atoms with E-state index in [0.717, 1.165) is 50.2 Å². The summed E-state index contributed by atoms with van der Waals surface area (Å²) in [7, 11) is 2.90. The molecule has 2 aromatic carbocycles. The molecular weight excluding hydrogens is 575 g/mol. The fraction of sp³-hybridized carbons (Fsp3) is 0.500. The molecule has 0 N–H and O–H groups in total. The fourth-order valence-electron chi connectivity index (χ4n) is 6.11. The van der Waals surface area contributed by atoms with Gasteiger partial charge in [-0.3, -0.25) is 14.6 Å². The Morgan fingerprint density at radius 2 is 1.60 bits per heavy atom. The minimum absolute atomic E-state index is 0.0729. The van der Waals surface area contributed by atoms with E-state index in [1.807, 2.05) is 9.80 Å². The number of allylic oxidation sites excluding steroid dienone is 1. The second kappa shape index (κ2) is 13.2. The molecule has 0 atom stereocenters. The molecule has 5 rings (SSSR count). The molecular formula is C30H37F5N4O2S.